The Bertz CT molecular complexity index is 437. The molecule has 0 spiro atoms. The Morgan fingerprint density at radius 3 is 2.53 bits per heavy atom. The summed E-state index contributed by atoms with van der Waals surface area (Å²) in [5.74, 6) is -0.533. The quantitative estimate of drug-likeness (QED) is 0.686. The lowest BCUT2D eigenvalue weighted by atomic mass is 10.1. The maximum atomic E-state index is 12.4. The number of alkyl halides is 4. The van der Waals surface area contributed by atoms with Gasteiger partial charge in [0.2, 0.25) is 5.91 Å². The van der Waals surface area contributed by atoms with Crippen LogP contribution < -0.4 is 0 Å². The minimum absolute atomic E-state index is 0.0341. The lowest BCUT2D eigenvalue weighted by molar-refractivity contribution is -0.160. The van der Waals surface area contributed by atoms with Crippen molar-refractivity contribution in [2.75, 3.05) is 18.4 Å². The highest BCUT2D eigenvalue weighted by Crippen LogP contribution is 2.18. The molecule has 0 fully saturated rings. The van der Waals surface area contributed by atoms with E-state index in [1.807, 2.05) is 0 Å². The number of hydrogen-bond acceptors (Lipinski definition) is 1. The lowest BCUT2D eigenvalue weighted by Gasteiger charge is -2.23. The third kappa shape index (κ3) is 6.42. The molecule has 0 bridgehead atoms. The van der Waals surface area contributed by atoms with Crippen molar-refractivity contribution in [2.45, 2.75) is 12.6 Å². The van der Waals surface area contributed by atoms with Crippen molar-refractivity contribution in [3.63, 3.8) is 0 Å². The van der Waals surface area contributed by atoms with E-state index in [4.69, 9.17) is 0 Å². The number of carbonyl (C=O) groups is 1. The monoisotopic (exact) mass is 401 g/mol. The van der Waals surface area contributed by atoms with E-state index in [1.54, 1.807) is 24.3 Å². The van der Waals surface area contributed by atoms with Gasteiger partial charge >= 0.3 is 6.18 Å². The number of halogens is 5. The van der Waals surface area contributed by atoms with Gasteiger partial charge in [0.25, 0.3) is 0 Å². The predicted octanol–water partition coefficient (Wildman–Crippen LogP) is 3.78. The maximum Gasteiger partial charge on any atom is 0.406 e. The number of rotatable bonds is 5. The molecule has 0 saturated heterocycles. The highest BCUT2D eigenvalue weighted by Gasteiger charge is 2.32. The van der Waals surface area contributed by atoms with E-state index in [0.29, 0.717) is 10.9 Å². The topological polar surface area (TPSA) is 20.3 Å². The fourth-order valence-corrected chi connectivity index (χ4v) is 2.42. The Morgan fingerprint density at radius 1 is 1.32 bits per heavy atom. The van der Waals surface area contributed by atoms with Crippen molar-refractivity contribution in [3.05, 3.63) is 34.3 Å². The Balaban J connectivity index is 2.71. The van der Waals surface area contributed by atoms with Gasteiger partial charge in [-0.3, -0.25) is 4.79 Å². The Kier molecular flexibility index (Phi) is 6.32. The number of amides is 1. The molecule has 1 aromatic carbocycles. The van der Waals surface area contributed by atoms with E-state index in [9.17, 15) is 18.0 Å². The van der Waals surface area contributed by atoms with Gasteiger partial charge in [0.1, 0.15) is 6.54 Å². The highest BCUT2D eigenvalue weighted by atomic mass is 79.9. The van der Waals surface area contributed by atoms with Crippen molar-refractivity contribution in [1.82, 2.24) is 4.90 Å². The smallest absolute Gasteiger partial charge is 0.332 e. The Morgan fingerprint density at radius 2 is 2.00 bits per heavy atom. The van der Waals surface area contributed by atoms with E-state index in [1.165, 1.54) is 0 Å². The molecule has 2 nitrogen and oxygen atoms in total. The molecule has 19 heavy (non-hydrogen) atoms. The second kappa shape index (κ2) is 7.28. The third-order valence-corrected chi connectivity index (χ3v) is 3.17. The molecule has 7 heteroatoms. The summed E-state index contributed by atoms with van der Waals surface area (Å²) >= 11 is 6.31. The maximum absolute atomic E-state index is 12.4. The summed E-state index contributed by atoms with van der Waals surface area (Å²) < 4.78 is 37.9. The van der Waals surface area contributed by atoms with Crippen molar-refractivity contribution in [2.24, 2.45) is 0 Å². The predicted molar refractivity (Wildman–Crippen MR) is 74.3 cm³/mol. The van der Waals surface area contributed by atoms with Crippen LogP contribution >= 0.6 is 31.9 Å². The largest absolute Gasteiger partial charge is 0.406 e. The average Bonchev–Trinajstić information content (AvgIpc) is 2.26. The van der Waals surface area contributed by atoms with Gasteiger partial charge < -0.3 is 4.90 Å². The van der Waals surface area contributed by atoms with Crippen LogP contribution in [0.3, 0.4) is 0 Å². The first-order chi connectivity index (χ1) is 8.81. The lowest BCUT2D eigenvalue weighted by Crippen LogP contribution is -2.40. The van der Waals surface area contributed by atoms with Crippen molar-refractivity contribution >= 4 is 37.8 Å². The van der Waals surface area contributed by atoms with Gasteiger partial charge in [-0.1, -0.05) is 44.0 Å². The van der Waals surface area contributed by atoms with Crippen LogP contribution in [0, 0.1) is 0 Å². The first-order valence-corrected chi connectivity index (χ1v) is 7.38. The molecule has 0 aromatic heterocycles. The first kappa shape index (κ1) is 16.5. The zero-order valence-corrected chi connectivity index (χ0v) is 13.1. The van der Waals surface area contributed by atoms with Crippen molar-refractivity contribution in [1.29, 1.82) is 0 Å². The van der Waals surface area contributed by atoms with Crippen LogP contribution in [0.5, 0.6) is 0 Å². The fraction of sp³-hybridized carbons (Fsp3) is 0.417. The molecule has 1 aromatic rings. The minimum atomic E-state index is -4.38. The number of hydrogen-bond donors (Lipinski definition) is 0. The Hall–Kier alpha value is -0.560. The molecule has 1 amide bonds. The average molecular weight is 403 g/mol. The fourth-order valence-electron chi connectivity index (χ4n) is 1.54. The summed E-state index contributed by atoms with van der Waals surface area (Å²) in [6.45, 7) is -1.18. The van der Waals surface area contributed by atoms with Gasteiger partial charge in [0, 0.05) is 16.3 Å². The zero-order valence-electron chi connectivity index (χ0n) is 9.88. The second-order valence-corrected chi connectivity index (χ2v) is 5.63. The SMILES string of the molecule is O=C(Cc1cccc(Br)c1)N(CCBr)CC(F)(F)F. The van der Waals surface area contributed by atoms with Gasteiger partial charge in [0.15, 0.2) is 0 Å². The standard InChI is InChI=1S/C12H12Br2F3NO/c13-4-5-18(8-12(15,16)17)11(19)7-9-2-1-3-10(14)6-9/h1-3,6H,4-5,7-8H2. The van der Waals surface area contributed by atoms with Crippen LogP contribution in [0.4, 0.5) is 13.2 Å². The summed E-state index contributed by atoms with van der Waals surface area (Å²) in [5, 5.41) is 0.313. The number of benzene rings is 1. The molecule has 0 aliphatic carbocycles. The molecule has 0 heterocycles. The third-order valence-electron chi connectivity index (χ3n) is 2.32. The summed E-state index contributed by atoms with van der Waals surface area (Å²) in [4.78, 5) is 12.7. The second-order valence-electron chi connectivity index (χ2n) is 3.93. The molecule has 0 aliphatic heterocycles. The van der Waals surface area contributed by atoms with Crippen LogP contribution in [0.1, 0.15) is 5.56 Å². The Labute approximate surface area is 126 Å². The van der Waals surface area contributed by atoms with E-state index >= 15 is 0 Å². The van der Waals surface area contributed by atoms with Crippen LogP contribution in [0.2, 0.25) is 0 Å². The molecule has 1 rings (SSSR count). The minimum Gasteiger partial charge on any atom is -0.332 e. The summed E-state index contributed by atoms with van der Waals surface area (Å²) in [7, 11) is 0. The van der Waals surface area contributed by atoms with Gasteiger partial charge in [-0.15, -0.1) is 0 Å². The number of nitrogens with zero attached hydrogens (tertiary/aromatic N) is 1. The van der Waals surface area contributed by atoms with Crippen LogP contribution in [-0.2, 0) is 11.2 Å². The van der Waals surface area contributed by atoms with Crippen LogP contribution in [0.25, 0.3) is 0 Å². The summed E-state index contributed by atoms with van der Waals surface area (Å²) in [6.07, 6.45) is -4.42. The van der Waals surface area contributed by atoms with E-state index in [-0.39, 0.29) is 13.0 Å². The van der Waals surface area contributed by atoms with Crippen molar-refractivity contribution in [3.8, 4) is 0 Å². The molecule has 0 atom stereocenters. The van der Waals surface area contributed by atoms with Gasteiger partial charge in [0.05, 0.1) is 6.42 Å². The molecule has 0 aliphatic rings. The molecule has 0 N–H and O–H groups in total. The summed E-state index contributed by atoms with van der Waals surface area (Å²) in [5.41, 5.74) is 0.682. The van der Waals surface area contributed by atoms with Crippen molar-refractivity contribution < 1.29 is 18.0 Å². The molecular formula is C12H12Br2F3NO. The zero-order chi connectivity index (χ0) is 14.5. The van der Waals surface area contributed by atoms with E-state index < -0.39 is 18.6 Å². The molecule has 0 saturated carbocycles. The molecule has 0 radical (unpaired) electrons. The number of carbonyl (C=O) groups excluding carboxylic acids is 1. The molecule has 106 valence electrons. The normalized spacial score (nSPS) is 11.4. The van der Waals surface area contributed by atoms with Crippen LogP contribution in [0.15, 0.2) is 28.7 Å². The first-order valence-electron chi connectivity index (χ1n) is 5.47. The summed E-state index contributed by atoms with van der Waals surface area (Å²) in [6, 6.07) is 6.96. The van der Waals surface area contributed by atoms with Gasteiger partial charge in [-0.25, -0.2) is 0 Å². The molecular weight excluding hydrogens is 391 g/mol. The molecule has 0 unspecified atom stereocenters. The van der Waals surface area contributed by atoms with E-state index in [0.717, 1.165) is 9.37 Å². The van der Waals surface area contributed by atoms with Gasteiger partial charge in [-0.05, 0) is 17.7 Å². The van der Waals surface area contributed by atoms with Crippen LogP contribution in [-0.4, -0.2) is 35.4 Å². The van der Waals surface area contributed by atoms with Gasteiger partial charge in [-0.2, -0.15) is 13.2 Å². The van der Waals surface area contributed by atoms with E-state index in [2.05, 4.69) is 31.9 Å². The highest BCUT2D eigenvalue weighted by molar-refractivity contribution is 9.10.